The smallest absolute Gasteiger partial charge is 0.171 e. The first kappa shape index (κ1) is 14.9. The van der Waals surface area contributed by atoms with Gasteiger partial charge in [0.25, 0.3) is 0 Å². The summed E-state index contributed by atoms with van der Waals surface area (Å²) in [6.07, 6.45) is 2.09. The van der Waals surface area contributed by atoms with Crippen LogP contribution in [0.15, 0.2) is 45.5 Å². The quantitative estimate of drug-likeness (QED) is 0.866. The first-order valence-electron chi connectivity index (χ1n) is 6.45. The SMILES string of the molecule is CCC(N)C(Oc1ccc(OC)cc1Br)c1ccco1. The Morgan fingerprint density at radius 1 is 1.35 bits per heavy atom. The van der Waals surface area contributed by atoms with E-state index in [-0.39, 0.29) is 12.1 Å². The first-order chi connectivity index (χ1) is 9.65. The highest BCUT2D eigenvalue weighted by Crippen LogP contribution is 2.33. The van der Waals surface area contributed by atoms with Crippen molar-refractivity contribution in [3.8, 4) is 11.5 Å². The normalized spacial score (nSPS) is 13.8. The van der Waals surface area contributed by atoms with Crippen LogP contribution in [0.5, 0.6) is 11.5 Å². The number of ether oxygens (including phenoxy) is 2. The third-order valence-corrected chi connectivity index (χ3v) is 3.70. The molecule has 2 atom stereocenters. The van der Waals surface area contributed by atoms with Gasteiger partial charge in [-0.05, 0) is 52.7 Å². The molecule has 0 amide bonds. The van der Waals surface area contributed by atoms with Crippen LogP contribution in [0.1, 0.15) is 25.2 Å². The average Bonchev–Trinajstić information content (AvgIpc) is 2.99. The minimum atomic E-state index is -0.320. The van der Waals surface area contributed by atoms with E-state index >= 15 is 0 Å². The van der Waals surface area contributed by atoms with Crippen molar-refractivity contribution in [1.82, 2.24) is 0 Å². The summed E-state index contributed by atoms with van der Waals surface area (Å²) in [5.41, 5.74) is 6.14. The molecule has 5 heteroatoms. The van der Waals surface area contributed by atoms with Crippen LogP contribution >= 0.6 is 15.9 Å². The molecule has 0 aliphatic rings. The number of methoxy groups -OCH3 is 1. The molecule has 0 fully saturated rings. The Morgan fingerprint density at radius 2 is 2.15 bits per heavy atom. The van der Waals surface area contributed by atoms with Crippen molar-refractivity contribution in [2.24, 2.45) is 5.73 Å². The van der Waals surface area contributed by atoms with E-state index in [0.717, 1.165) is 22.4 Å². The van der Waals surface area contributed by atoms with Crippen molar-refractivity contribution in [3.63, 3.8) is 0 Å². The van der Waals surface area contributed by atoms with Gasteiger partial charge in [-0.25, -0.2) is 0 Å². The van der Waals surface area contributed by atoms with Crippen LogP contribution in [0.3, 0.4) is 0 Å². The highest BCUT2D eigenvalue weighted by atomic mass is 79.9. The molecule has 0 spiro atoms. The molecule has 2 rings (SSSR count). The van der Waals surface area contributed by atoms with Crippen LogP contribution < -0.4 is 15.2 Å². The highest BCUT2D eigenvalue weighted by molar-refractivity contribution is 9.10. The molecule has 1 heterocycles. The van der Waals surface area contributed by atoms with Crippen molar-refractivity contribution >= 4 is 15.9 Å². The molecule has 2 aromatic rings. The molecule has 0 radical (unpaired) electrons. The Labute approximate surface area is 127 Å². The lowest BCUT2D eigenvalue weighted by Gasteiger charge is -2.23. The lowest BCUT2D eigenvalue weighted by atomic mass is 10.1. The molecule has 0 bridgehead atoms. The van der Waals surface area contributed by atoms with Gasteiger partial charge >= 0.3 is 0 Å². The second-order valence-corrected chi connectivity index (χ2v) is 5.28. The Balaban J connectivity index is 2.24. The zero-order valence-corrected chi connectivity index (χ0v) is 13.1. The van der Waals surface area contributed by atoms with Gasteiger partial charge in [-0.3, -0.25) is 0 Å². The fourth-order valence-electron chi connectivity index (χ4n) is 1.86. The molecule has 20 heavy (non-hydrogen) atoms. The van der Waals surface area contributed by atoms with E-state index < -0.39 is 0 Å². The second-order valence-electron chi connectivity index (χ2n) is 4.42. The molecule has 0 saturated heterocycles. The molecule has 0 aliphatic heterocycles. The highest BCUT2D eigenvalue weighted by Gasteiger charge is 2.24. The molecule has 108 valence electrons. The van der Waals surface area contributed by atoms with E-state index in [1.54, 1.807) is 13.4 Å². The minimum absolute atomic E-state index is 0.143. The summed E-state index contributed by atoms with van der Waals surface area (Å²) in [7, 11) is 1.63. The summed E-state index contributed by atoms with van der Waals surface area (Å²) in [6.45, 7) is 2.02. The van der Waals surface area contributed by atoms with Crippen LogP contribution in [0.25, 0.3) is 0 Å². The van der Waals surface area contributed by atoms with Gasteiger partial charge in [0.1, 0.15) is 17.3 Å². The average molecular weight is 340 g/mol. The standard InChI is InChI=1S/C15H18BrNO3/c1-3-12(17)15(14-5-4-8-19-14)20-13-7-6-10(18-2)9-11(13)16/h4-9,12,15H,3,17H2,1-2H3. The number of halogens is 1. The summed E-state index contributed by atoms with van der Waals surface area (Å²) >= 11 is 3.47. The summed E-state index contributed by atoms with van der Waals surface area (Å²) < 4.78 is 17.4. The van der Waals surface area contributed by atoms with Gasteiger partial charge in [0.15, 0.2) is 6.10 Å². The maximum absolute atomic E-state index is 6.14. The van der Waals surface area contributed by atoms with Gasteiger partial charge in [0.05, 0.1) is 17.8 Å². The van der Waals surface area contributed by atoms with E-state index in [4.69, 9.17) is 19.6 Å². The van der Waals surface area contributed by atoms with Crippen LogP contribution in [0.2, 0.25) is 0 Å². The first-order valence-corrected chi connectivity index (χ1v) is 7.24. The van der Waals surface area contributed by atoms with E-state index in [0.29, 0.717) is 5.75 Å². The molecule has 1 aromatic heterocycles. The minimum Gasteiger partial charge on any atom is -0.497 e. The molecular weight excluding hydrogens is 322 g/mol. The van der Waals surface area contributed by atoms with Gasteiger partial charge < -0.3 is 19.6 Å². The predicted molar refractivity (Wildman–Crippen MR) is 81.0 cm³/mol. The third-order valence-electron chi connectivity index (χ3n) is 3.08. The number of hydrogen-bond acceptors (Lipinski definition) is 4. The van der Waals surface area contributed by atoms with Crippen LogP contribution in [0.4, 0.5) is 0 Å². The molecule has 0 saturated carbocycles. The van der Waals surface area contributed by atoms with Crippen molar-refractivity contribution in [2.45, 2.75) is 25.5 Å². The summed E-state index contributed by atoms with van der Waals surface area (Å²) in [5.74, 6) is 2.19. The largest absolute Gasteiger partial charge is 0.497 e. The van der Waals surface area contributed by atoms with Crippen LogP contribution in [-0.2, 0) is 0 Å². The van der Waals surface area contributed by atoms with Crippen LogP contribution in [-0.4, -0.2) is 13.2 Å². The Hall–Kier alpha value is -1.46. The van der Waals surface area contributed by atoms with E-state index in [1.807, 2.05) is 37.3 Å². The van der Waals surface area contributed by atoms with Crippen molar-refractivity contribution in [1.29, 1.82) is 0 Å². The number of benzene rings is 1. The fraction of sp³-hybridized carbons (Fsp3) is 0.333. The molecule has 2 unspecified atom stereocenters. The maximum atomic E-state index is 6.14. The number of nitrogens with two attached hydrogens (primary N) is 1. The van der Waals surface area contributed by atoms with Crippen molar-refractivity contribution in [3.05, 3.63) is 46.8 Å². The lowest BCUT2D eigenvalue weighted by molar-refractivity contribution is 0.143. The zero-order chi connectivity index (χ0) is 14.5. The van der Waals surface area contributed by atoms with Crippen molar-refractivity contribution in [2.75, 3.05) is 7.11 Å². The summed E-state index contributed by atoms with van der Waals surface area (Å²) in [5, 5.41) is 0. The number of rotatable bonds is 6. The monoisotopic (exact) mass is 339 g/mol. The van der Waals surface area contributed by atoms with Gasteiger partial charge in [0.2, 0.25) is 0 Å². The number of hydrogen-bond donors (Lipinski definition) is 1. The van der Waals surface area contributed by atoms with E-state index in [1.165, 1.54) is 0 Å². The Bertz CT molecular complexity index is 542. The summed E-state index contributed by atoms with van der Waals surface area (Å²) in [6, 6.07) is 9.11. The van der Waals surface area contributed by atoms with E-state index in [2.05, 4.69) is 15.9 Å². The van der Waals surface area contributed by atoms with Gasteiger partial charge in [-0.2, -0.15) is 0 Å². The Kier molecular flexibility index (Phi) is 5.09. The molecular formula is C15H18BrNO3. The second kappa shape index (κ2) is 6.81. The van der Waals surface area contributed by atoms with Gasteiger partial charge in [0, 0.05) is 6.04 Å². The molecule has 1 aromatic carbocycles. The lowest BCUT2D eigenvalue weighted by Crippen LogP contribution is -2.31. The molecule has 0 aliphatic carbocycles. The van der Waals surface area contributed by atoms with Crippen molar-refractivity contribution < 1.29 is 13.9 Å². The molecule has 2 N–H and O–H groups in total. The maximum Gasteiger partial charge on any atom is 0.171 e. The van der Waals surface area contributed by atoms with E-state index in [9.17, 15) is 0 Å². The zero-order valence-electron chi connectivity index (χ0n) is 11.5. The molecule has 4 nitrogen and oxygen atoms in total. The number of furan rings is 1. The van der Waals surface area contributed by atoms with Crippen LogP contribution in [0, 0.1) is 0 Å². The third kappa shape index (κ3) is 3.35. The van der Waals surface area contributed by atoms with Gasteiger partial charge in [-0.1, -0.05) is 6.92 Å². The summed E-state index contributed by atoms with van der Waals surface area (Å²) in [4.78, 5) is 0. The van der Waals surface area contributed by atoms with Gasteiger partial charge in [-0.15, -0.1) is 0 Å². The Morgan fingerprint density at radius 3 is 2.70 bits per heavy atom. The fourth-order valence-corrected chi connectivity index (χ4v) is 2.32. The predicted octanol–water partition coefficient (Wildman–Crippen LogP) is 3.91. The topological polar surface area (TPSA) is 57.6 Å².